The van der Waals surface area contributed by atoms with E-state index in [2.05, 4.69) is 5.32 Å². The second-order valence-electron chi connectivity index (χ2n) is 7.01. The molecule has 4 nitrogen and oxygen atoms in total. The first-order valence-corrected chi connectivity index (χ1v) is 11.1. The molecule has 0 radical (unpaired) electrons. The van der Waals surface area contributed by atoms with Gasteiger partial charge in [-0.25, -0.2) is 8.42 Å². The molecule has 2 aromatic rings. The predicted octanol–water partition coefficient (Wildman–Crippen LogP) is 4.71. The Morgan fingerprint density at radius 1 is 1.00 bits per heavy atom. The molecule has 0 aromatic heterocycles. The topological polar surface area (TPSA) is 63.2 Å². The van der Waals surface area contributed by atoms with Crippen LogP contribution in [-0.4, -0.2) is 32.7 Å². The third-order valence-corrected chi connectivity index (χ3v) is 5.75. The van der Waals surface area contributed by atoms with E-state index in [-0.39, 0.29) is 16.2 Å². The van der Waals surface area contributed by atoms with Gasteiger partial charge in [0.15, 0.2) is 9.84 Å². The summed E-state index contributed by atoms with van der Waals surface area (Å²) in [6, 6.07) is 9.15. The molecule has 0 aliphatic rings. The average Bonchev–Trinajstić information content (AvgIpc) is 2.63. The smallest absolute Gasteiger partial charge is 0.298 e. The van der Waals surface area contributed by atoms with Gasteiger partial charge in [-0.3, -0.25) is 10.1 Å². The van der Waals surface area contributed by atoms with Crippen molar-refractivity contribution >= 4 is 15.6 Å². The first-order valence-electron chi connectivity index (χ1n) is 9.17. The number of alkyl halides is 3. The molecule has 0 bridgehead atoms. The Morgan fingerprint density at radius 3 is 1.86 bits per heavy atom. The molecule has 0 saturated heterocycles. The van der Waals surface area contributed by atoms with Crippen molar-refractivity contribution in [3.8, 4) is 11.1 Å². The van der Waals surface area contributed by atoms with Crippen LogP contribution in [0.4, 0.5) is 13.2 Å². The van der Waals surface area contributed by atoms with Crippen LogP contribution in [0.3, 0.4) is 0 Å². The first kappa shape index (κ1) is 23.1. The number of hydrogen-bond acceptors (Lipinski definition) is 4. The Bertz CT molecular complexity index is 937. The van der Waals surface area contributed by atoms with Crippen LogP contribution in [0, 0.1) is 0 Å². The van der Waals surface area contributed by atoms with Gasteiger partial charge in [-0.15, -0.1) is 0 Å². The van der Waals surface area contributed by atoms with Gasteiger partial charge in [-0.1, -0.05) is 49.7 Å². The normalized spacial score (nSPS) is 14.4. The molecule has 158 valence electrons. The second kappa shape index (κ2) is 9.09. The van der Waals surface area contributed by atoms with Crippen molar-refractivity contribution in [2.24, 2.45) is 0 Å². The summed E-state index contributed by atoms with van der Waals surface area (Å²) in [6.45, 7) is 3.09. The van der Waals surface area contributed by atoms with Gasteiger partial charge in [0.25, 0.3) is 0 Å². The molecule has 2 rings (SSSR count). The van der Waals surface area contributed by atoms with E-state index in [1.54, 1.807) is 24.3 Å². The molecule has 1 N–H and O–H groups in total. The molecule has 0 fully saturated rings. The zero-order valence-electron chi connectivity index (χ0n) is 16.5. The number of benzene rings is 2. The fraction of sp³-hybridized carbons (Fsp3) is 0.381. The zero-order chi connectivity index (χ0) is 21.8. The maximum atomic E-state index is 13.6. The van der Waals surface area contributed by atoms with Crippen molar-refractivity contribution in [1.82, 2.24) is 5.32 Å². The van der Waals surface area contributed by atoms with E-state index in [1.165, 1.54) is 31.2 Å². The number of ketones is 1. The predicted molar refractivity (Wildman–Crippen MR) is 106 cm³/mol. The Hall–Kier alpha value is -2.19. The van der Waals surface area contributed by atoms with Crippen LogP contribution < -0.4 is 5.32 Å². The minimum absolute atomic E-state index is 0.0105. The maximum Gasteiger partial charge on any atom is 0.407 e. The quantitative estimate of drug-likeness (QED) is 0.663. The molecule has 8 heteroatoms. The SMILES string of the molecule is CCCC(N[C@H](c1ccc(-c2ccc(S(C)(=O)=O)cc2)cc1)C(F)(F)F)C(C)=O. The number of carbonyl (C=O) groups is 1. The monoisotopic (exact) mass is 427 g/mol. The van der Waals surface area contributed by atoms with Crippen LogP contribution in [-0.2, 0) is 14.6 Å². The molecule has 2 aromatic carbocycles. The van der Waals surface area contributed by atoms with Crippen molar-refractivity contribution in [1.29, 1.82) is 0 Å². The van der Waals surface area contributed by atoms with Crippen LogP contribution in [0.2, 0.25) is 0 Å². The number of rotatable bonds is 8. The minimum Gasteiger partial charge on any atom is -0.298 e. The van der Waals surface area contributed by atoms with Crippen molar-refractivity contribution in [2.75, 3.05) is 6.26 Å². The highest BCUT2D eigenvalue weighted by atomic mass is 32.2. The lowest BCUT2D eigenvalue weighted by atomic mass is 9.98. The average molecular weight is 427 g/mol. The van der Waals surface area contributed by atoms with E-state index in [4.69, 9.17) is 0 Å². The molecular weight excluding hydrogens is 403 g/mol. The standard InChI is InChI=1S/C21H24F3NO3S/c1-4-5-19(14(2)26)25-20(21(22,23)24)17-8-6-15(7-9-17)16-10-12-18(13-11-16)29(3,27)28/h6-13,19-20,25H,4-5H2,1-3H3/t19?,20-/m1/s1. The van der Waals surface area contributed by atoms with Gasteiger partial charge in [-0.05, 0) is 42.2 Å². The molecular formula is C21H24F3NO3S. The molecule has 0 spiro atoms. The molecule has 1 unspecified atom stereocenters. The lowest BCUT2D eigenvalue weighted by Gasteiger charge is -2.26. The second-order valence-corrected chi connectivity index (χ2v) is 9.03. The first-order chi connectivity index (χ1) is 13.4. The summed E-state index contributed by atoms with van der Waals surface area (Å²) in [6.07, 6.45) is -2.54. The molecule has 0 aliphatic carbocycles. The highest BCUT2D eigenvalue weighted by Crippen LogP contribution is 2.34. The van der Waals surface area contributed by atoms with Gasteiger partial charge in [-0.2, -0.15) is 13.2 Å². The van der Waals surface area contributed by atoms with Gasteiger partial charge in [0.2, 0.25) is 0 Å². The van der Waals surface area contributed by atoms with E-state index < -0.39 is 28.1 Å². The summed E-state index contributed by atoms with van der Waals surface area (Å²) in [5, 5.41) is 2.45. The number of sulfone groups is 1. The number of hydrogen-bond donors (Lipinski definition) is 1. The van der Waals surface area contributed by atoms with Gasteiger partial charge in [0, 0.05) is 6.26 Å². The lowest BCUT2D eigenvalue weighted by Crippen LogP contribution is -2.43. The Balaban J connectivity index is 2.30. The summed E-state index contributed by atoms with van der Waals surface area (Å²) in [5.74, 6) is -0.330. The zero-order valence-corrected chi connectivity index (χ0v) is 17.3. The van der Waals surface area contributed by atoms with Gasteiger partial charge < -0.3 is 0 Å². The van der Waals surface area contributed by atoms with Crippen molar-refractivity contribution in [3.63, 3.8) is 0 Å². The highest BCUT2D eigenvalue weighted by molar-refractivity contribution is 7.90. The van der Waals surface area contributed by atoms with Crippen LogP contribution in [0.25, 0.3) is 11.1 Å². The molecule has 0 amide bonds. The molecule has 0 heterocycles. The fourth-order valence-electron chi connectivity index (χ4n) is 3.04. The molecule has 2 atom stereocenters. The Morgan fingerprint density at radius 2 is 1.48 bits per heavy atom. The largest absolute Gasteiger partial charge is 0.407 e. The maximum absolute atomic E-state index is 13.6. The summed E-state index contributed by atoms with van der Waals surface area (Å²) < 4.78 is 63.9. The van der Waals surface area contributed by atoms with Crippen LogP contribution >= 0.6 is 0 Å². The summed E-state index contributed by atoms with van der Waals surface area (Å²) >= 11 is 0. The van der Waals surface area contributed by atoms with Crippen molar-refractivity contribution in [3.05, 3.63) is 54.1 Å². The highest BCUT2D eigenvalue weighted by Gasteiger charge is 2.42. The van der Waals surface area contributed by atoms with Crippen LogP contribution in [0.1, 0.15) is 38.3 Å². The van der Waals surface area contributed by atoms with E-state index in [0.29, 0.717) is 24.0 Å². The van der Waals surface area contributed by atoms with E-state index in [0.717, 1.165) is 6.26 Å². The van der Waals surface area contributed by atoms with E-state index in [1.807, 2.05) is 6.92 Å². The van der Waals surface area contributed by atoms with Gasteiger partial charge in [0.1, 0.15) is 11.8 Å². The lowest BCUT2D eigenvalue weighted by molar-refractivity contribution is -0.160. The van der Waals surface area contributed by atoms with Crippen LogP contribution in [0.15, 0.2) is 53.4 Å². The van der Waals surface area contributed by atoms with Gasteiger partial charge in [0.05, 0.1) is 10.9 Å². The summed E-state index contributed by atoms with van der Waals surface area (Å²) in [7, 11) is -3.32. The Labute approximate surface area is 169 Å². The van der Waals surface area contributed by atoms with Crippen LogP contribution in [0.5, 0.6) is 0 Å². The Kier molecular flexibility index (Phi) is 7.24. The van der Waals surface area contributed by atoms with Gasteiger partial charge >= 0.3 is 6.18 Å². The third kappa shape index (κ3) is 6.14. The summed E-state index contributed by atoms with van der Waals surface area (Å²) in [4.78, 5) is 11.9. The number of Topliss-reactive ketones (excluding diaryl/α,β-unsaturated/α-hetero) is 1. The third-order valence-electron chi connectivity index (χ3n) is 4.62. The summed E-state index contributed by atoms with van der Waals surface area (Å²) in [5.41, 5.74) is 1.36. The number of nitrogens with one attached hydrogen (secondary N) is 1. The molecule has 0 aliphatic heterocycles. The van der Waals surface area contributed by atoms with E-state index >= 15 is 0 Å². The fourth-order valence-corrected chi connectivity index (χ4v) is 3.67. The van der Waals surface area contributed by atoms with Crippen molar-refractivity contribution in [2.45, 2.75) is 49.8 Å². The number of halogens is 3. The molecule has 29 heavy (non-hydrogen) atoms. The van der Waals surface area contributed by atoms with Crippen molar-refractivity contribution < 1.29 is 26.4 Å². The number of carbonyl (C=O) groups excluding carboxylic acids is 1. The molecule has 0 saturated carbocycles. The minimum atomic E-state index is -4.56. The van der Waals surface area contributed by atoms with E-state index in [9.17, 15) is 26.4 Å².